The highest BCUT2D eigenvalue weighted by atomic mass is 15.3. The van der Waals surface area contributed by atoms with Gasteiger partial charge < -0.3 is 4.90 Å². The molecule has 0 amide bonds. The number of likely N-dealkylation sites (tertiary alicyclic amines) is 1. The summed E-state index contributed by atoms with van der Waals surface area (Å²) < 4.78 is 2.32. The molecule has 2 atom stereocenters. The lowest BCUT2D eigenvalue weighted by Crippen LogP contribution is -2.47. The molecule has 5 heterocycles. The molecule has 3 aromatic heterocycles. The van der Waals surface area contributed by atoms with Crippen molar-refractivity contribution in [2.75, 3.05) is 38.1 Å². The Hall–Kier alpha value is -2.44. The number of anilines is 1. The van der Waals surface area contributed by atoms with Crippen LogP contribution in [0.2, 0.25) is 0 Å². The standard InChI is InChI=1S/C26H34N6/c1-19-6-5-13-27-26(19)23-8-3-7-22(29(23)2)21-18-32-24(28-21)9-4-10-25(32)31-16-14-30(15-17-31)20-11-12-20/h4-6,9-10,13,18,20,22-23H,3,7-8,11-12,14-17H2,1-2H3. The number of rotatable bonds is 4. The van der Waals surface area contributed by atoms with Crippen LogP contribution in [-0.2, 0) is 0 Å². The van der Waals surface area contributed by atoms with Crippen molar-refractivity contribution in [2.24, 2.45) is 0 Å². The molecule has 1 aliphatic carbocycles. The maximum atomic E-state index is 5.11. The number of hydrogen-bond donors (Lipinski definition) is 0. The highest BCUT2D eigenvalue weighted by Gasteiger charge is 2.34. The molecule has 32 heavy (non-hydrogen) atoms. The predicted octanol–water partition coefficient (Wildman–Crippen LogP) is 4.22. The minimum atomic E-state index is 0.328. The van der Waals surface area contributed by atoms with Crippen LogP contribution in [0.4, 0.5) is 5.82 Å². The first kappa shape index (κ1) is 20.2. The van der Waals surface area contributed by atoms with Crippen molar-refractivity contribution in [3.8, 4) is 0 Å². The molecule has 0 aromatic carbocycles. The molecule has 0 N–H and O–H groups in total. The zero-order valence-electron chi connectivity index (χ0n) is 19.3. The SMILES string of the molecule is Cc1cccnc1C1CCCC(c2cn3c(N4CCN(C5CC5)CC4)cccc3n2)N1C. The lowest BCUT2D eigenvalue weighted by atomic mass is 9.91. The fourth-order valence-electron chi connectivity index (χ4n) is 5.85. The van der Waals surface area contributed by atoms with Gasteiger partial charge in [-0.25, -0.2) is 4.98 Å². The van der Waals surface area contributed by atoms with Gasteiger partial charge in [-0.15, -0.1) is 0 Å². The Morgan fingerprint density at radius 2 is 1.72 bits per heavy atom. The number of imidazole rings is 1. The molecular formula is C26H34N6. The summed E-state index contributed by atoms with van der Waals surface area (Å²) in [6.45, 7) is 6.75. The lowest BCUT2D eigenvalue weighted by molar-refractivity contribution is 0.109. The highest BCUT2D eigenvalue weighted by molar-refractivity contribution is 5.53. The Morgan fingerprint density at radius 3 is 2.50 bits per heavy atom. The van der Waals surface area contributed by atoms with Crippen molar-refractivity contribution < 1.29 is 0 Å². The fourth-order valence-corrected chi connectivity index (χ4v) is 5.85. The predicted molar refractivity (Wildman–Crippen MR) is 128 cm³/mol. The molecule has 168 valence electrons. The average Bonchev–Trinajstić information content (AvgIpc) is 3.58. The van der Waals surface area contributed by atoms with Crippen LogP contribution >= 0.6 is 0 Å². The van der Waals surface area contributed by atoms with Crippen molar-refractivity contribution >= 4 is 11.5 Å². The number of fused-ring (bicyclic) bond motifs is 1. The number of hydrogen-bond acceptors (Lipinski definition) is 5. The van der Waals surface area contributed by atoms with Gasteiger partial charge in [-0.3, -0.25) is 19.2 Å². The summed E-state index contributed by atoms with van der Waals surface area (Å²) in [5.41, 5.74) is 4.76. The lowest BCUT2D eigenvalue weighted by Gasteiger charge is -2.39. The van der Waals surface area contributed by atoms with Gasteiger partial charge in [0.1, 0.15) is 11.5 Å². The molecule has 2 aliphatic heterocycles. The van der Waals surface area contributed by atoms with Gasteiger partial charge in [-0.05, 0) is 69.8 Å². The van der Waals surface area contributed by atoms with Crippen molar-refractivity contribution in [2.45, 2.75) is 57.2 Å². The summed E-state index contributed by atoms with van der Waals surface area (Å²) >= 11 is 0. The van der Waals surface area contributed by atoms with E-state index in [4.69, 9.17) is 9.97 Å². The Balaban J connectivity index is 1.27. The number of piperazine rings is 1. The number of pyridine rings is 2. The molecule has 3 fully saturated rings. The maximum Gasteiger partial charge on any atom is 0.138 e. The van der Waals surface area contributed by atoms with Crippen molar-refractivity contribution in [1.29, 1.82) is 0 Å². The Labute approximate surface area is 190 Å². The van der Waals surface area contributed by atoms with E-state index in [1.165, 1.54) is 55.1 Å². The molecule has 6 nitrogen and oxygen atoms in total. The first-order chi connectivity index (χ1) is 15.7. The van der Waals surface area contributed by atoms with Crippen molar-refractivity contribution in [3.63, 3.8) is 0 Å². The summed E-state index contributed by atoms with van der Waals surface area (Å²) in [7, 11) is 2.25. The second kappa shape index (κ2) is 8.16. The van der Waals surface area contributed by atoms with E-state index in [1.54, 1.807) is 0 Å². The zero-order valence-corrected chi connectivity index (χ0v) is 19.3. The van der Waals surface area contributed by atoms with Crippen LogP contribution in [0.5, 0.6) is 0 Å². The maximum absolute atomic E-state index is 5.11. The van der Waals surface area contributed by atoms with Gasteiger partial charge in [-0.1, -0.05) is 12.1 Å². The quantitative estimate of drug-likeness (QED) is 0.620. The molecule has 1 saturated carbocycles. The van der Waals surface area contributed by atoms with Crippen LogP contribution in [0.1, 0.15) is 61.1 Å². The van der Waals surface area contributed by atoms with Crippen LogP contribution in [-0.4, -0.2) is 63.4 Å². The molecular weight excluding hydrogens is 396 g/mol. The molecule has 6 rings (SSSR count). The zero-order chi connectivity index (χ0) is 21.7. The molecule has 0 spiro atoms. The van der Waals surface area contributed by atoms with E-state index in [0.717, 1.165) is 37.6 Å². The molecule has 6 heteroatoms. The summed E-state index contributed by atoms with van der Waals surface area (Å²) in [6, 6.07) is 12.3. The highest BCUT2D eigenvalue weighted by Crippen LogP contribution is 2.40. The number of piperidine rings is 1. The molecule has 2 saturated heterocycles. The van der Waals surface area contributed by atoms with Crippen molar-refractivity contribution in [1.82, 2.24) is 24.2 Å². The molecule has 0 radical (unpaired) electrons. The molecule has 3 aromatic rings. The number of nitrogens with zero attached hydrogens (tertiary/aromatic N) is 6. The smallest absolute Gasteiger partial charge is 0.138 e. The number of aryl methyl sites for hydroxylation is 1. The van der Waals surface area contributed by atoms with Gasteiger partial charge in [0.25, 0.3) is 0 Å². The second-order valence-corrected chi connectivity index (χ2v) is 9.87. The molecule has 0 bridgehead atoms. The van der Waals surface area contributed by atoms with E-state index in [9.17, 15) is 0 Å². The van der Waals surface area contributed by atoms with Gasteiger partial charge >= 0.3 is 0 Å². The Kier molecular flexibility index (Phi) is 5.15. The summed E-state index contributed by atoms with van der Waals surface area (Å²) in [6.07, 6.45) is 10.5. The van der Waals surface area contributed by atoms with Crippen LogP contribution in [0, 0.1) is 6.92 Å². The summed E-state index contributed by atoms with van der Waals surface area (Å²) in [4.78, 5) is 17.6. The minimum absolute atomic E-state index is 0.328. The first-order valence-electron chi connectivity index (χ1n) is 12.3. The monoisotopic (exact) mass is 430 g/mol. The summed E-state index contributed by atoms with van der Waals surface area (Å²) in [5, 5.41) is 0. The van der Waals surface area contributed by atoms with E-state index in [-0.39, 0.29) is 0 Å². The van der Waals surface area contributed by atoms with E-state index in [1.807, 2.05) is 12.3 Å². The van der Waals surface area contributed by atoms with Crippen LogP contribution in [0.15, 0.2) is 42.7 Å². The van der Waals surface area contributed by atoms with E-state index >= 15 is 0 Å². The van der Waals surface area contributed by atoms with Gasteiger partial charge in [-0.2, -0.15) is 0 Å². The van der Waals surface area contributed by atoms with Gasteiger partial charge in [0.15, 0.2) is 0 Å². The van der Waals surface area contributed by atoms with Gasteiger partial charge in [0, 0.05) is 44.6 Å². The largest absolute Gasteiger partial charge is 0.355 e. The van der Waals surface area contributed by atoms with E-state index in [2.05, 4.69) is 63.5 Å². The van der Waals surface area contributed by atoms with Gasteiger partial charge in [0.05, 0.1) is 23.5 Å². The van der Waals surface area contributed by atoms with E-state index < -0.39 is 0 Å². The number of aromatic nitrogens is 3. The van der Waals surface area contributed by atoms with Crippen LogP contribution < -0.4 is 4.90 Å². The third-order valence-corrected chi connectivity index (χ3v) is 7.84. The molecule has 2 unspecified atom stereocenters. The second-order valence-electron chi connectivity index (χ2n) is 9.87. The average molecular weight is 431 g/mol. The normalized spacial score (nSPS) is 25.5. The van der Waals surface area contributed by atoms with E-state index in [0.29, 0.717) is 12.1 Å². The van der Waals surface area contributed by atoms with Gasteiger partial charge in [0.2, 0.25) is 0 Å². The topological polar surface area (TPSA) is 39.9 Å². The minimum Gasteiger partial charge on any atom is -0.355 e. The molecule has 3 aliphatic rings. The third-order valence-electron chi connectivity index (χ3n) is 7.84. The van der Waals surface area contributed by atoms with Crippen molar-refractivity contribution in [3.05, 3.63) is 59.7 Å². The Morgan fingerprint density at radius 1 is 0.906 bits per heavy atom. The Bertz CT molecular complexity index is 1090. The first-order valence-corrected chi connectivity index (χ1v) is 12.3. The summed E-state index contributed by atoms with van der Waals surface area (Å²) in [5.74, 6) is 1.28. The fraction of sp³-hybridized carbons (Fsp3) is 0.538. The van der Waals surface area contributed by atoms with Crippen LogP contribution in [0.3, 0.4) is 0 Å². The van der Waals surface area contributed by atoms with Crippen LogP contribution in [0.25, 0.3) is 5.65 Å². The third kappa shape index (κ3) is 3.59.